The smallest absolute Gasteiger partial charge is 0.194 e. The van der Waals surface area contributed by atoms with Crippen LogP contribution in [0, 0.1) is 0 Å². The van der Waals surface area contributed by atoms with E-state index in [2.05, 4.69) is 36.1 Å². The zero-order chi connectivity index (χ0) is 20.7. The molecule has 0 saturated heterocycles. The van der Waals surface area contributed by atoms with Gasteiger partial charge in [-0.05, 0) is 31.4 Å². The van der Waals surface area contributed by atoms with E-state index < -0.39 is 6.17 Å². The average molecular weight is 386 g/mol. The Balaban J connectivity index is 2.54. The molecule has 2 rings (SSSR count). The summed E-state index contributed by atoms with van der Waals surface area (Å²) in [6.45, 7) is 8.27. The Morgan fingerprint density at radius 3 is 2.68 bits per heavy atom. The average Bonchev–Trinajstić information content (AvgIpc) is 2.66. The third-order valence-electron chi connectivity index (χ3n) is 4.29. The molecular formula is C21H31N5O2. The molecule has 1 aromatic rings. The first kappa shape index (κ1) is 21.5. The van der Waals surface area contributed by atoms with E-state index >= 15 is 0 Å². The predicted octanol–water partition coefficient (Wildman–Crippen LogP) is 3.36. The molecule has 1 unspecified atom stereocenters. The van der Waals surface area contributed by atoms with Crippen LogP contribution in [0.25, 0.3) is 0 Å². The number of ether oxygens (including phenoxy) is 2. The van der Waals surface area contributed by atoms with E-state index in [1.54, 1.807) is 19.5 Å². The fourth-order valence-corrected chi connectivity index (χ4v) is 2.88. The molecule has 0 aliphatic carbocycles. The molecule has 0 fully saturated rings. The van der Waals surface area contributed by atoms with Gasteiger partial charge in [0.1, 0.15) is 11.5 Å². The maximum Gasteiger partial charge on any atom is 0.194 e. The molecule has 0 aromatic heterocycles. The van der Waals surface area contributed by atoms with E-state index in [4.69, 9.17) is 20.9 Å². The molecule has 1 aromatic carbocycles. The maximum absolute atomic E-state index is 6.16. The van der Waals surface area contributed by atoms with Crippen molar-refractivity contribution in [2.75, 3.05) is 7.11 Å². The van der Waals surface area contributed by atoms with Crippen molar-refractivity contribution in [3.05, 3.63) is 47.5 Å². The van der Waals surface area contributed by atoms with Crippen LogP contribution in [0.1, 0.15) is 57.6 Å². The lowest BCUT2D eigenvalue weighted by Crippen LogP contribution is -2.39. The monoisotopic (exact) mass is 385 g/mol. The van der Waals surface area contributed by atoms with Crippen molar-refractivity contribution in [3.63, 3.8) is 0 Å². The minimum atomic E-state index is -0.654. The second-order valence-corrected chi connectivity index (χ2v) is 6.81. The lowest BCUT2D eigenvalue weighted by Gasteiger charge is -2.23. The van der Waals surface area contributed by atoms with Crippen molar-refractivity contribution in [1.82, 2.24) is 5.32 Å². The number of rotatable bonds is 8. The van der Waals surface area contributed by atoms with E-state index in [9.17, 15) is 0 Å². The Kier molecular flexibility index (Phi) is 7.63. The first-order chi connectivity index (χ1) is 13.4. The summed E-state index contributed by atoms with van der Waals surface area (Å²) in [6, 6.07) is 3.98. The first-order valence-electron chi connectivity index (χ1n) is 9.54. The van der Waals surface area contributed by atoms with E-state index in [-0.39, 0.29) is 11.9 Å². The van der Waals surface area contributed by atoms with Crippen LogP contribution in [0.15, 0.2) is 46.4 Å². The molecule has 1 aliphatic heterocycles. The number of nitrogens with two attached hydrogens (primary N) is 2. The van der Waals surface area contributed by atoms with Gasteiger partial charge in [-0.1, -0.05) is 33.3 Å². The number of hydrogen-bond donors (Lipinski definition) is 3. The largest absolute Gasteiger partial charge is 0.496 e. The fraction of sp³-hybridized carbons (Fsp3) is 0.429. The summed E-state index contributed by atoms with van der Waals surface area (Å²) < 4.78 is 11.8. The summed E-state index contributed by atoms with van der Waals surface area (Å²) in [5.74, 6) is 2.46. The zero-order valence-corrected chi connectivity index (χ0v) is 17.3. The van der Waals surface area contributed by atoms with Gasteiger partial charge in [0, 0.05) is 23.5 Å². The van der Waals surface area contributed by atoms with Crippen LogP contribution in [0.2, 0.25) is 0 Å². The van der Waals surface area contributed by atoms with Crippen molar-refractivity contribution in [2.24, 2.45) is 21.5 Å². The topological polar surface area (TPSA) is 107 Å². The van der Waals surface area contributed by atoms with Gasteiger partial charge in [-0.3, -0.25) is 4.99 Å². The third-order valence-corrected chi connectivity index (χ3v) is 4.29. The third kappa shape index (κ3) is 5.13. The molecule has 0 amide bonds. The molecule has 0 radical (unpaired) electrons. The molecule has 7 heteroatoms. The van der Waals surface area contributed by atoms with Gasteiger partial charge in [0.05, 0.1) is 12.8 Å². The second-order valence-electron chi connectivity index (χ2n) is 6.81. The molecule has 0 bridgehead atoms. The molecule has 28 heavy (non-hydrogen) atoms. The summed E-state index contributed by atoms with van der Waals surface area (Å²) in [6.07, 6.45) is 6.48. The number of nitrogens with zero attached hydrogens (tertiary/aromatic N) is 2. The van der Waals surface area contributed by atoms with Gasteiger partial charge in [0.15, 0.2) is 17.9 Å². The highest BCUT2D eigenvalue weighted by atomic mass is 16.5. The number of nitrogens with one attached hydrogen (secondary N) is 1. The Labute approximate surface area is 167 Å². The summed E-state index contributed by atoms with van der Waals surface area (Å²) in [7, 11) is 1.67. The highest BCUT2D eigenvalue weighted by molar-refractivity contribution is 6.03. The van der Waals surface area contributed by atoms with Crippen molar-refractivity contribution in [1.29, 1.82) is 0 Å². The van der Waals surface area contributed by atoms with Crippen LogP contribution in [0.5, 0.6) is 11.5 Å². The van der Waals surface area contributed by atoms with Gasteiger partial charge in [-0.25, -0.2) is 4.99 Å². The number of allylic oxidation sites excluding steroid dienone is 1. The Bertz CT molecular complexity index is 809. The summed E-state index contributed by atoms with van der Waals surface area (Å²) in [5.41, 5.74) is 14.6. The highest BCUT2D eigenvalue weighted by Crippen LogP contribution is 2.36. The van der Waals surface area contributed by atoms with Crippen molar-refractivity contribution >= 4 is 11.7 Å². The number of hydrogen-bond acceptors (Lipinski definition) is 7. The van der Waals surface area contributed by atoms with Gasteiger partial charge in [0.2, 0.25) is 0 Å². The van der Waals surface area contributed by atoms with Gasteiger partial charge < -0.3 is 26.3 Å². The van der Waals surface area contributed by atoms with Gasteiger partial charge in [0.25, 0.3) is 0 Å². The Hall–Kier alpha value is -2.80. The van der Waals surface area contributed by atoms with E-state index in [0.717, 1.165) is 35.4 Å². The number of benzene rings is 1. The Morgan fingerprint density at radius 1 is 1.36 bits per heavy atom. The summed E-state index contributed by atoms with van der Waals surface area (Å²) in [5, 5.41) is 2.84. The summed E-state index contributed by atoms with van der Waals surface area (Å²) >= 11 is 0. The van der Waals surface area contributed by atoms with Crippen LogP contribution in [-0.2, 0) is 0 Å². The molecule has 0 saturated carbocycles. The van der Waals surface area contributed by atoms with Gasteiger partial charge in [-0.15, -0.1) is 0 Å². The van der Waals surface area contributed by atoms with Crippen LogP contribution in [0.4, 0.5) is 0 Å². The first-order valence-corrected chi connectivity index (χ1v) is 9.54. The molecular weight excluding hydrogens is 354 g/mol. The predicted molar refractivity (Wildman–Crippen MR) is 115 cm³/mol. The lowest BCUT2D eigenvalue weighted by atomic mass is 9.96. The van der Waals surface area contributed by atoms with Crippen molar-refractivity contribution in [2.45, 2.75) is 52.6 Å². The van der Waals surface area contributed by atoms with Crippen molar-refractivity contribution < 1.29 is 9.47 Å². The lowest BCUT2D eigenvalue weighted by molar-refractivity contribution is 0.370. The molecule has 5 N–H and O–H groups in total. The summed E-state index contributed by atoms with van der Waals surface area (Å²) in [4.78, 5) is 8.71. The normalized spacial score (nSPS) is 17.4. The molecule has 1 heterocycles. The number of guanidine groups is 1. The molecule has 0 spiro atoms. The van der Waals surface area contributed by atoms with Crippen LogP contribution >= 0.6 is 0 Å². The molecule has 152 valence electrons. The van der Waals surface area contributed by atoms with Crippen LogP contribution in [0.3, 0.4) is 0 Å². The molecule has 1 aliphatic rings. The standard InChI is InChI=1S/C21H31N5O2/c1-6-8-16(24-9-7-2)15-11-18(14(13(3)4)10-17(15)27-5)28-19-12-25-21(23)26-20(19)22/h7,9-13,20H,6,8,22H2,1-5H3,(H3,23,25,26)/b9-7-,24-16?. The minimum absolute atomic E-state index is 0.224. The van der Waals surface area contributed by atoms with Gasteiger partial charge in [-0.2, -0.15) is 0 Å². The van der Waals surface area contributed by atoms with Crippen molar-refractivity contribution in [3.8, 4) is 11.5 Å². The molecule has 7 nitrogen and oxygen atoms in total. The fourth-order valence-electron chi connectivity index (χ4n) is 2.88. The maximum atomic E-state index is 6.16. The van der Waals surface area contributed by atoms with E-state index in [1.807, 2.05) is 25.1 Å². The minimum Gasteiger partial charge on any atom is -0.496 e. The quantitative estimate of drug-likeness (QED) is 0.595. The number of aliphatic imine (C=N–C) groups is 2. The highest BCUT2D eigenvalue weighted by Gasteiger charge is 2.21. The second kappa shape index (κ2) is 9.94. The van der Waals surface area contributed by atoms with E-state index in [1.165, 1.54) is 0 Å². The van der Waals surface area contributed by atoms with E-state index in [0.29, 0.717) is 11.5 Å². The van der Waals surface area contributed by atoms with Gasteiger partial charge >= 0.3 is 0 Å². The zero-order valence-electron chi connectivity index (χ0n) is 17.3. The number of methoxy groups -OCH3 is 1. The molecule has 1 atom stereocenters. The van der Waals surface area contributed by atoms with Crippen LogP contribution < -0.4 is 26.3 Å². The van der Waals surface area contributed by atoms with Crippen LogP contribution in [-0.4, -0.2) is 24.9 Å². The SMILES string of the molecule is C/C=C\N=C(CCC)c1cc(OC2=CNC(N)=NC2N)c(C(C)C)cc1OC. The Morgan fingerprint density at radius 2 is 2.11 bits per heavy atom.